The second kappa shape index (κ2) is 14.3. The third-order valence-electron chi connectivity index (χ3n) is 13.7. The predicted octanol–water partition coefficient (Wildman–Crippen LogP) is 15.6. The van der Waals surface area contributed by atoms with Gasteiger partial charge in [0.05, 0.1) is 39.1 Å². The lowest BCUT2D eigenvalue weighted by atomic mass is 9.79. The molecule has 1 aliphatic rings. The maximum atomic E-state index is 5.37. The number of fused-ring (bicyclic) bond motifs is 9. The first-order valence-corrected chi connectivity index (χ1v) is 22.4. The van der Waals surface area contributed by atoms with Crippen LogP contribution in [-0.2, 0) is 5.41 Å². The predicted molar refractivity (Wildman–Crippen MR) is 270 cm³/mol. The van der Waals surface area contributed by atoms with Crippen molar-refractivity contribution in [3.8, 4) is 67.5 Å². The molecule has 9 aromatic carbocycles. The topological polar surface area (TPSA) is 35.6 Å². The van der Waals surface area contributed by atoms with E-state index in [0.717, 1.165) is 39.5 Å². The van der Waals surface area contributed by atoms with E-state index in [1.165, 1.54) is 77.0 Å². The Morgan fingerprint density at radius 3 is 1.57 bits per heavy atom. The third kappa shape index (κ3) is 5.70. The van der Waals surface area contributed by atoms with E-state index in [1.807, 2.05) is 6.07 Å². The Kier molecular flexibility index (Phi) is 8.22. The van der Waals surface area contributed by atoms with Gasteiger partial charge in [0.15, 0.2) is 5.82 Å². The Balaban J connectivity index is 1.02. The second-order valence-electron chi connectivity index (χ2n) is 17.8. The maximum Gasteiger partial charge on any atom is 0.160 e. The van der Waals surface area contributed by atoms with Gasteiger partial charge in [0.1, 0.15) is 0 Å². The summed E-state index contributed by atoms with van der Waals surface area (Å²) in [5.74, 6) is 0.715. The fraction of sp³-hybridized carbons (Fsp3) is 0.0492. The van der Waals surface area contributed by atoms with E-state index in [4.69, 9.17) is 9.97 Å². The maximum absolute atomic E-state index is 5.37. The summed E-state index contributed by atoms with van der Waals surface area (Å²) < 4.78 is 4.88. The van der Waals surface area contributed by atoms with Crippen LogP contribution < -0.4 is 0 Å². The molecule has 3 aromatic heterocycles. The van der Waals surface area contributed by atoms with Crippen LogP contribution in [0.25, 0.3) is 111 Å². The van der Waals surface area contributed by atoms with Crippen LogP contribution in [0.5, 0.6) is 0 Å². The summed E-state index contributed by atoms with van der Waals surface area (Å²) in [7, 11) is 0. The number of para-hydroxylation sites is 3. The number of hydrogen-bond donors (Lipinski definition) is 0. The van der Waals surface area contributed by atoms with Crippen molar-refractivity contribution in [2.24, 2.45) is 0 Å². The third-order valence-corrected chi connectivity index (χ3v) is 13.7. The molecule has 306 valence electrons. The number of nitrogens with zero attached hydrogens (tertiary/aromatic N) is 4. The standard InChI is InChI=1S/C61H42N4/c1-61(2)50-27-15-12-26-46(50)58-57(35-32-47(59(58)61)52-38-51(39-18-6-3-7-19-39)62-60(63-52)40-20-8-4-9-21-40)65-54-29-17-14-25-45(54)49-37-42(31-34-56(49)65)41-30-33-55-48(36-41)44-24-13-16-28-53(44)64(55)43-22-10-5-11-23-43/h3-38H,1-2H3. The van der Waals surface area contributed by atoms with Crippen molar-refractivity contribution in [3.05, 3.63) is 230 Å². The molecule has 65 heavy (non-hydrogen) atoms. The van der Waals surface area contributed by atoms with Crippen LogP contribution in [0, 0.1) is 0 Å². The van der Waals surface area contributed by atoms with Crippen molar-refractivity contribution >= 4 is 43.6 Å². The van der Waals surface area contributed by atoms with Crippen molar-refractivity contribution in [2.75, 3.05) is 0 Å². The SMILES string of the molecule is CC1(C)c2ccccc2-c2c(-n3c4ccccc4c4cc(-c5ccc6c(c5)c5ccccc5n6-c5ccccc5)ccc43)ccc(-c3cc(-c4ccccc4)nc(-c4ccccc4)n3)c21. The van der Waals surface area contributed by atoms with Gasteiger partial charge in [0.25, 0.3) is 0 Å². The Labute approximate surface area is 377 Å². The summed E-state index contributed by atoms with van der Waals surface area (Å²) in [6, 6.07) is 78.9. The van der Waals surface area contributed by atoms with Gasteiger partial charge in [-0.25, -0.2) is 9.97 Å². The fourth-order valence-corrected chi connectivity index (χ4v) is 10.8. The Hall–Kier alpha value is -8.34. The first-order chi connectivity index (χ1) is 32.0. The first-order valence-electron chi connectivity index (χ1n) is 22.4. The van der Waals surface area contributed by atoms with E-state index >= 15 is 0 Å². The molecule has 0 atom stereocenters. The lowest BCUT2D eigenvalue weighted by molar-refractivity contribution is 0.661. The summed E-state index contributed by atoms with van der Waals surface area (Å²) in [5, 5.41) is 4.95. The Morgan fingerprint density at radius 1 is 0.369 bits per heavy atom. The van der Waals surface area contributed by atoms with E-state index in [1.54, 1.807) is 0 Å². The highest BCUT2D eigenvalue weighted by Gasteiger charge is 2.40. The zero-order valence-electron chi connectivity index (χ0n) is 36.1. The summed E-state index contributed by atoms with van der Waals surface area (Å²) in [5.41, 5.74) is 19.3. The molecule has 0 bridgehead atoms. The molecule has 0 saturated heterocycles. The van der Waals surface area contributed by atoms with Gasteiger partial charge >= 0.3 is 0 Å². The van der Waals surface area contributed by atoms with Gasteiger partial charge in [0, 0.05) is 54.9 Å². The Bertz CT molecular complexity index is 3780. The normalized spacial score (nSPS) is 12.9. The van der Waals surface area contributed by atoms with Crippen LogP contribution in [0.1, 0.15) is 25.0 Å². The lowest BCUT2D eigenvalue weighted by Gasteiger charge is -2.25. The molecule has 0 spiro atoms. The highest BCUT2D eigenvalue weighted by Crippen LogP contribution is 2.55. The largest absolute Gasteiger partial charge is 0.309 e. The molecule has 1 aliphatic carbocycles. The fourth-order valence-electron chi connectivity index (χ4n) is 10.8. The average Bonchev–Trinajstić information content (AvgIpc) is 3.97. The molecule has 12 aromatic rings. The average molecular weight is 831 g/mol. The van der Waals surface area contributed by atoms with Crippen molar-refractivity contribution in [2.45, 2.75) is 19.3 Å². The molecule has 0 radical (unpaired) electrons. The van der Waals surface area contributed by atoms with E-state index in [-0.39, 0.29) is 5.41 Å². The van der Waals surface area contributed by atoms with Crippen LogP contribution in [0.2, 0.25) is 0 Å². The van der Waals surface area contributed by atoms with E-state index in [9.17, 15) is 0 Å². The van der Waals surface area contributed by atoms with Gasteiger partial charge in [-0.1, -0.05) is 172 Å². The summed E-state index contributed by atoms with van der Waals surface area (Å²) >= 11 is 0. The molecule has 0 saturated carbocycles. The molecule has 3 heterocycles. The monoisotopic (exact) mass is 830 g/mol. The van der Waals surface area contributed by atoms with Crippen LogP contribution in [0.3, 0.4) is 0 Å². The lowest BCUT2D eigenvalue weighted by Crippen LogP contribution is -2.17. The minimum Gasteiger partial charge on any atom is -0.309 e. The molecule has 4 heteroatoms. The Morgan fingerprint density at radius 2 is 0.892 bits per heavy atom. The van der Waals surface area contributed by atoms with Crippen LogP contribution in [-0.4, -0.2) is 19.1 Å². The van der Waals surface area contributed by atoms with E-state index < -0.39 is 0 Å². The highest BCUT2D eigenvalue weighted by atomic mass is 15.0. The van der Waals surface area contributed by atoms with Crippen LogP contribution in [0.4, 0.5) is 0 Å². The van der Waals surface area contributed by atoms with E-state index in [2.05, 4.69) is 235 Å². The van der Waals surface area contributed by atoms with Crippen molar-refractivity contribution in [1.29, 1.82) is 0 Å². The number of aromatic nitrogens is 4. The second-order valence-corrected chi connectivity index (χ2v) is 17.8. The summed E-state index contributed by atoms with van der Waals surface area (Å²) in [6.45, 7) is 4.74. The summed E-state index contributed by atoms with van der Waals surface area (Å²) in [4.78, 5) is 10.5. The van der Waals surface area contributed by atoms with Gasteiger partial charge in [-0.2, -0.15) is 0 Å². The zero-order valence-corrected chi connectivity index (χ0v) is 36.1. The highest BCUT2D eigenvalue weighted by molar-refractivity contribution is 6.13. The molecular weight excluding hydrogens is 789 g/mol. The van der Waals surface area contributed by atoms with Crippen molar-refractivity contribution < 1.29 is 0 Å². The van der Waals surface area contributed by atoms with Gasteiger partial charge in [-0.3, -0.25) is 0 Å². The quantitative estimate of drug-likeness (QED) is 0.167. The zero-order chi connectivity index (χ0) is 43.2. The van der Waals surface area contributed by atoms with E-state index in [0.29, 0.717) is 5.82 Å². The van der Waals surface area contributed by atoms with Crippen LogP contribution in [0.15, 0.2) is 218 Å². The van der Waals surface area contributed by atoms with Gasteiger partial charge in [-0.15, -0.1) is 0 Å². The molecule has 0 N–H and O–H groups in total. The minimum atomic E-state index is -0.309. The van der Waals surface area contributed by atoms with Gasteiger partial charge in [-0.05, 0) is 88.5 Å². The summed E-state index contributed by atoms with van der Waals surface area (Å²) in [6.07, 6.45) is 0. The molecule has 0 fully saturated rings. The molecule has 0 unspecified atom stereocenters. The molecule has 0 amide bonds. The number of rotatable bonds is 6. The molecule has 4 nitrogen and oxygen atoms in total. The van der Waals surface area contributed by atoms with Gasteiger partial charge in [0.2, 0.25) is 0 Å². The number of hydrogen-bond acceptors (Lipinski definition) is 2. The van der Waals surface area contributed by atoms with Crippen molar-refractivity contribution in [1.82, 2.24) is 19.1 Å². The molecular formula is C61H42N4. The first kappa shape index (κ1) is 37.2. The number of benzene rings is 9. The molecule has 13 rings (SSSR count). The minimum absolute atomic E-state index is 0.309. The van der Waals surface area contributed by atoms with Crippen molar-refractivity contribution in [3.63, 3.8) is 0 Å². The molecule has 0 aliphatic heterocycles. The van der Waals surface area contributed by atoms with Gasteiger partial charge < -0.3 is 9.13 Å². The smallest absolute Gasteiger partial charge is 0.160 e. The van der Waals surface area contributed by atoms with Crippen LogP contribution >= 0.6 is 0 Å².